The van der Waals surface area contributed by atoms with Crippen molar-refractivity contribution >= 4 is 0 Å². The minimum Gasteiger partial charge on any atom is -0.493 e. The zero-order valence-corrected chi connectivity index (χ0v) is 12.7. The van der Waals surface area contributed by atoms with Gasteiger partial charge in [-0.2, -0.15) is 0 Å². The van der Waals surface area contributed by atoms with E-state index in [-0.39, 0.29) is 0 Å². The quantitative estimate of drug-likeness (QED) is 0.662. The van der Waals surface area contributed by atoms with Gasteiger partial charge in [0.2, 0.25) is 0 Å². The molecule has 0 saturated heterocycles. The number of ether oxygens (including phenoxy) is 2. The number of hydrogen-bond acceptors (Lipinski definition) is 3. The lowest BCUT2D eigenvalue weighted by molar-refractivity contribution is 0.275. The van der Waals surface area contributed by atoms with Crippen LogP contribution in [-0.2, 0) is 0 Å². The molecule has 1 unspecified atom stereocenters. The molecule has 0 heterocycles. The summed E-state index contributed by atoms with van der Waals surface area (Å²) in [6, 6.07) is 8.53. The first-order chi connectivity index (χ1) is 9.85. The van der Waals surface area contributed by atoms with Crippen LogP contribution in [0.4, 0.5) is 0 Å². The van der Waals surface area contributed by atoms with E-state index < -0.39 is 0 Å². The normalized spacial score (nSPS) is 15.9. The third-order valence-corrected chi connectivity index (χ3v) is 3.83. The highest BCUT2D eigenvalue weighted by atomic mass is 16.5. The van der Waals surface area contributed by atoms with Crippen LogP contribution in [0.3, 0.4) is 0 Å². The molecule has 1 saturated carbocycles. The summed E-state index contributed by atoms with van der Waals surface area (Å²) in [6.45, 7) is 4.12. The van der Waals surface area contributed by atoms with Gasteiger partial charge in [-0.3, -0.25) is 0 Å². The summed E-state index contributed by atoms with van der Waals surface area (Å²) >= 11 is 0. The Morgan fingerprint density at radius 2 is 2.00 bits per heavy atom. The number of rotatable bonds is 10. The maximum absolute atomic E-state index is 5.83. The van der Waals surface area contributed by atoms with Gasteiger partial charge >= 0.3 is 0 Å². The largest absolute Gasteiger partial charge is 0.493 e. The van der Waals surface area contributed by atoms with E-state index in [9.17, 15) is 0 Å². The highest BCUT2D eigenvalue weighted by molar-refractivity contribution is 5.39. The van der Waals surface area contributed by atoms with Crippen molar-refractivity contribution in [3.05, 3.63) is 24.3 Å². The van der Waals surface area contributed by atoms with Crippen molar-refractivity contribution in [2.45, 2.75) is 45.1 Å². The van der Waals surface area contributed by atoms with E-state index in [2.05, 4.69) is 12.2 Å². The molecule has 0 aliphatic heterocycles. The van der Waals surface area contributed by atoms with Crippen molar-refractivity contribution in [2.75, 3.05) is 20.3 Å². The number of methoxy groups -OCH3 is 1. The van der Waals surface area contributed by atoms with E-state index in [1.165, 1.54) is 25.7 Å². The van der Waals surface area contributed by atoms with E-state index in [4.69, 9.17) is 9.47 Å². The van der Waals surface area contributed by atoms with Gasteiger partial charge in [0.25, 0.3) is 0 Å². The molecule has 1 atom stereocenters. The van der Waals surface area contributed by atoms with Crippen LogP contribution in [0, 0.1) is 5.92 Å². The molecule has 1 aliphatic carbocycles. The van der Waals surface area contributed by atoms with Crippen LogP contribution in [0.25, 0.3) is 0 Å². The molecule has 1 fully saturated rings. The average Bonchev–Trinajstić information content (AvgIpc) is 3.31. The maximum atomic E-state index is 5.83. The fraction of sp³-hybridized carbons (Fsp3) is 0.647. The summed E-state index contributed by atoms with van der Waals surface area (Å²) in [6.07, 6.45) is 6.31. The predicted octanol–water partition coefficient (Wildman–Crippen LogP) is 3.63. The Kier molecular flexibility index (Phi) is 6.19. The van der Waals surface area contributed by atoms with Crippen LogP contribution >= 0.6 is 0 Å². The van der Waals surface area contributed by atoms with Crippen LogP contribution in [0.1, 0.15) is 39.0 Å². The van der Waals surface area contributed by atoms with Crippen LogP contribution in [0.15, 0.2) is 24.3 Å². The molecule has 0 amide bonds. The SMILES string of the molecule is CCCNC(CCCOc1ccccc1OC)C1CC1. The molecule has 1 aromatic carbocycles. The summed E-state index contributed by atoms with van der Waals surface area (Å²) < 4.78 is 11.1. The Hall–Kier alpha value is -1.22. The van der Waals surface area contributed by atoms with Gasteiger partial charge in [0.1, 0.15) is 0 Å². The van der Waals surface area contributed by atoms with Crippen molar-refractivity contribution < 1.29 is 9.47 Å². The molecule has 2 rings (SSSR count). The number of hydrogen-bond donors (Lipinski definition) is 1. The first-order valence-electron chi connectivity index (χ1n) is 7.84. The van der Waals surface area contributed by atoms with Crippen molar-refractivity contribution in [2.24, 2.45) is 5.92 Å². The summed E-state index contributed by atoms with van der Waals surface area (Å²) in [5.41, 5.74) is 0. The molecule has 112 valence electrons. The van der Waals surface area contributed by atoms with Crippen molar-refractivity contribution in [1.82, 2.24) is 5.32 Å². The molecular formula is C17H27NO2. The third kappa shape index (κ3) is 4.71. The molecule has 0 bridgehead atoms. The molecule has 20 heavy (non-hydrogen) atoms. The summed E-state index contributed by atoms with van der Waals surface area (Å²) in [5.74, 6) is 2.57. The molecule has 3 nitrogen and oxygen atoms in total. The van der Waals surface area contributed by atoms with Gasteiger partial charge in [-0.15, -0.1) is 0 Å². The second-order valence-electron chi connectivity index (χ2n) is 5.54. The second kappa shape index (κ2) is 8.15. The molecule has 1 aliphatic rings. The lowest BCUT2D eigenvalue weighted by Gasteiger charge is -2.18. The third-order valence-electron chi connectivity index (χ3n) is 3.83. The Labute approximate surface area is 122 Å². The zero-order valence-electron chi connectivity index (χ0n) is 12.7. The highest BCUT2D eigenvalue weighted by Crippen LogP contribution is 2.34. The molecule has 0 aromatic heterocycles. The van der Waals surface area contributed by atoms with Crippen LogP contribution < -0.4 is 14.8 Å². The average molecular weight is 277 g/mol. The Morgan fingerprint density at radius 1 is 1.25 bits per heavy atom. The molecule has 0 radical (unpaired) electrons. The van der Waals surface area contributed by atoms with Crippen molar-refractivity contribution in [1.29, 1.82) is 0 Å². The summed E-state index contributed by atoms with van der Waals surface area (Å²) in [5, 5.41) is 3.67. The van der Waals surface area contributed by atoms with Gasteiger partial charge in [-0.25, -0.2) is 0 Å². The number of benzene rings is 1. The Balaban J connectivity index is 1.69. The lowest BCUT2D eigenvalue weighted by Crippen LogP contribution is -2.32. The maximum Gasteiger partial charge on any atom is 0.161 e. The summed E-state index contributed by atoms with van der Waals surface area (Å²) in [4.78, 5) is 0. The highest BCUT2D eigenvalue weighted by Gasteiger charge is 2.30. The Morgan fingerprint density at radius 3 is 2.65 bits per heavy atom. The van der Waals surface area contributed by atoms with E-state index in [1.807, 2.05) is 24.3 Å². The van der Waals surface area contributed by atoms with Gasteiger partial charge in [0.05, 0.1) is 13.7 Å². The lowest BCUT2D eigenvalue weighted by atomic mass is 10.1. The van der Waals surface area contributed by atoms with Crippen molar-refractivity contribution in [3.8, 4) is 11.5 Å². The van der Waals surface area contributed by atoms with E-state index in [0.717, 1.165) is 37.0 Å². The van der Waals surface area contributed by atoms with Crippen LogP contribution in [-0.4, -0.2) is 26.3 Å². The number of para-hydroxylation sites is 2. The van der Waals surface area contributed by atoms with Crippen LogP contribution in [0.2, 0.25) is 0 Å². The van der Waals surface area contributed by atoms with Gasteiger partial charge in [-0.05, 0) is 56.7 Å². The standard InChI is InChI=1S/C17H27NO2/c1-3-12-18-15(14-10-11-14)7-6-13-20-17-9-5-4-8-16(17)19-2/h4-5,8-9,14-15,18H,3,6-7,10-13H2,1-2H3. The zero-order chi connectivity index (χ0) is 14.2. The molecular weight excluding hydrogens is 250 g/mol. The van der Waals surface area contributed by atoms with Gasteiger partial charge in [0, 0.05) is 6.04 Å². The number of nitrogens with one attached hydrogen (secondary N) is 1. The van der Waals surface area contributed by atoms with E-state index in [0.29, 0.717) is 6.04 Å². The first kappa shape index (κ1) is 15.2. The Bertz CT molecular complexity index is 390. The second-order valence-corrected chi connectivity index (χ2v) is 5.54. The van der Waals surface area contributed by atoms with Gasteiger partial charge in [-0.1, -0.05) is 19.1 Å². The first-order valence-corrected chi connectivity index (χ1v) is 7.84. The fourth-order valence-electron chi connectivity index (χ4n) is 2.56. The molecule has 1 N–H and O–H groups in total. The minimum atomic E-state index is 0.691. The predicted molar refractivity (Wildman–Crippen MR) is 82.5 cm³/mol. The van der Waals surface area contributed by atoms with Gasteiger partial charge in [0.15, 0.2) is 11.5 Å². The van der Waals surface area contributed by atoms with Gasteiger partial charge < -0.3 is 14.8 Å². The van der Waals surface area contributed by atoms with Crippen LogP contribution in [0.5, 0.6) is 11.5 Å². The smallest absolute Gasteiger partial charge is 0.161 e. The molecule has 3 heteroatoms. The van der Waals surface area contributed by atoms with E-state index >= 15 is 0 Å². The minimum absolute atomic E-state index is 0.691. The summed E-state index contributed by atoms with van der Waals surface area (Å²) in [7, 11) is 1.68. The van der Waals surface area contributed by atoms with Crippen molar-refractivity contribution in [3.63, 3.8) is 0 Å². The molecule has 0 spiro atoms. The topological polar surface area (TPSA) is 30.5 Å². The molecule has 1 aromatic rings. The van der Waals surface area contributed by atoms with E-state index in [1.54, 1.807) is 7.11 Å². The fourth-order valence-corrected chi connectivity index (χ4v) is 2.56. The monoisotopic (exact) mass is 277 g/mol.